The lowest BCUT2D eigenvalue weighted by atomic mass is 10.2. The molecule has 0 atom stereocenters. The number of pyridine rings is 1. The van der Waals surface area contributed by atoms with Crippen LogP contribution in [0.2, 0.25) is 19.6 Å². The zero-order valence-electron chi connectivity index (χ0n) is 14.0. The Labute approximate surface area is 151 Å². The number of fused-ring (bicyclic) bond motifs is 3. The number of halogens is 1. The van der Waals surface area contributed by atoms with Crippen molar-refractivity contribution in [3.05, 3.63) is 65.3 Å². The molecule has 120 valence electrons. The maximum atomic E-state index is 4.70. The maximum absolute atomic E-state index is 4.70. The van der Waals surface area contributed by atoms with E-state index in [1.54, 1.807) is 0 Å². The van der Waals surface area contributed by atoms with Gasteiger partial charge in [0.05, 0.1) is 19.1 Å². The first kappa shape index (κ1) is 15.6. The summed E-state index contributed by atoms with van der Waals surface area (Å²) in [5, 5.41) is 3.95. The van der Waals surface area contributed by atoms with E-state index in [1.165, 1.54) is 27.0 Å². The second-order valence-corrected chi connectivity index (χ2v) is 13.2. The van der Waals surface area contributed by atoms with Crippen molar-refractivity contribution < 1.29 is 0 Å². The average molecular weight is 395 g/mol. The molecule has 0 saturated heterocycles. The predicted molar refractivity (Wildman–Crippen MR) is 109 cm³/mol. The van der Waals surface area contributed by atoms with E-state index in [0.29, 0.717) is 0 Å². The van der Waals surface area contributed by atoms with Crippen LogP contribution < -0.4 is 5.19 Å². The van der Waals surface area contributed by atoms with Crippen LogP contribution in [0.5, 0.6) is 0 Å². The third-order valence-corrected chi connectivity index (χ3v) is 7.01. The molecule has 0 bridgehead atoms. The molecule has 0 fully saturated rings. The number of aromatic nitrogens is 2. The fourth-order valence-corrected chi connectivity index (χ4v) is 4.68. The summed E-state index contributed by atoms with van der Waals surface area (Å²) in [5.41, 5.74) is 2.39. The van der Waals surface area contributed by atoms with Gasteiger partial charge in [-0.3, -0.25) is 4.57 Å². The summed E-state index contributed by atoms with van der Waals surface area (Å²) in [7, 11) is -1.39. The van der Waals surface area contributed by atoms with Crippen molar-refractivity contribution in [3.63, 3.8) is 0 Å². The van der Waals surface area contributed by atoms with E-state index in [2.05, 4.69) is 94.7 Å². The van der Waals surface area contributed by atoms with Gasteiger partial charge in [0, 0.05) is 21.4 Å². The molecule has 0 radical (unpaired) electrons. The fourth-order valence-electron chi connectivity index (χ4n) is 3.20. The van der Waals surface area contributed by atoms with Crippen LogP contribution in [0.3, 0.4) is 0 Å². The number of benzene rings is 2. The molecule has 0 aliphatic heterocycles. The van der Waals surface area contributed by atoms with E-state index in [1.807, 2.05) is 6.20 Å². The Morgan fingerprint density at radius 3 is 2.42 bits per heavy atom. The molecule has 0 unspecified atom stereocenters. The number of hydrogen-bond donors (Lipinski definition) is 0. The van der Waals surface area contributed by atoms with E-state index in [0.717, 1.165) is 10.3 Å². The van der Waals surface area contributed by atoms with Crippen molar-refractivity contribution in [3.8, 4) is 5.82 Å². The summed E-state index contributed by atoms with van der Waals surface area (Å²) in [6.07, 6.45) is 1.95. The van der Waals surface area contributed by atoms with Crippen molar-refractivity contribution in [1.82, 2.24) is 9.55 Å². The van der Waals surface area contributed by atoms with Gasteiger partial charge in [0.1, 0.15) is 5.82 Å². The molecule has 24 heavy (non-hydrogen) atoms. The van der Waals surface area contributed by atoms with Crippen molar-refractivity contribution in [2.45, 2.75) is 19.6 Å². The highest BCUT2D eigenvalue weighted by molar-refractivity contribution is 9.10. The van der Waals surface area contributed by atoms with Crippen LogP contribution in [-0.4, -0.2) is 17.6 Å². The first-order valence-electron chi connectivity index (χ1n) is 8.11. The van der Waals surface area contributed by atoms with E-state index in [-0.39, 0.29) is 0 Å². The quantitative estimate of drug-likeness (QED) is 0.411. The second kappa shape index (κ2) is 5.57. The van der Waals surface area contributed by atoms with Gasteiger partial charge in [-0.05, 0) is 30.3 Å². The normalized spacial score (nSPS) is 12.2. The summed E-state index contributed by atoms with van der Waals surface area (Å²) in [5.74, 6) is 0.999. The van der Waals surface area contributed by atoms with Gasteiger partial charge in [0.2, 0.25) is 0 Å². The molecular weight excluding hydrogens is 376 g/mol. The molecule has 0 aliphatic rings. The van der Waals surface area contributed by atoms with E-state index in [9.17, 15) is 0 Å². The van der Waals surface area contributed by atoms with Crippen LogP contribution in [0, 0.1) is 0 Å². The van der Waals surface area contributed by atoms with Crippen molar-refractivity contribution in [2.24, 2.45) is 0 Å². The van der Waals surface area contributed by atoms with Crippen molar-refractivity contribution in [2.75, 3.05) is 0 Å². The Kier molecular flexibility index (Phi) is 3.62. The van der Waals surface area contributed by atoms with Crippen LogP contribution in [0.15, 0.2) is 65.3 Å². The van der Waals surface area contributed by atoms with Crippen LogP contribution in [0.25, 0.3) is 27.6 Å². The second-order valence-electron chi connectivity index (χ2n) is 7.17. The van der Waals surface area contributed by atoms with Gasteiger partial charge in [-0.25, -0.2) is 4.98 Å². The minimum atomic E-state index is -1.39. The molecule has 0 amide bonds. The van der Waals surface area contributed by atoms with Gasteiger partial charge in [-0.15, -0.1) is 0 Å². The maximum Gasteiger partial charge on any atom is 0.137 e. The molecule has 2 heterocycles. The highest BCUT2D eigenvalue weighted by atomic mass is 79.9. The third-order valence-electron chi connectivity index (χ3n) is 4.48. The summed E-state index contributed by atoms with van der Waals surface area (Å²) < 4.78 is 3.36. The molecule has 0 saturated carbocycles. The highest BCUT2D eigenvalue weighted by Crippen LogP contribution is 2.32. The molecule has 0 spiro atoms. The van der Waals surface area contributed by atoms with E-state index < -0.39 is 8.07 Å². The van der Waals surface area contributed by atoms with Gasteiger partial charge >= 0.3 is 0 Å². The van der Waals surface area contributed by atoms with Gasteiger partial charge < -0.3 is 0 Å². The molecule has 4 heteroatoms. The monoisotopic (exact) mass is 394 g/mol. The largest absolute Gasteiger partial charge is 0.294 e. The minimum absolute atomic E-state index is 0.999. The summed E-state index contributed by atoms with van der Waals surface area (Å²) in [6, 6.07) is 19.4. The average Bonchev–Trinajstić information content (AvgIpc) is 2.87. The Morgan fingerprint density at radius 1 is 0.875 bits per heavy atom. The lowest BCUT2D eigenvalue weighted by Gasteiger charge is -2.17. The van der Waals surface area contributed by atoms with E-state index in [4.69, 9.17) is 4.98 Å². The molecule has 2 aromatic carbocycles. The smallest absolute Gasteiger partial charge is 0.137 e. The van der Waals surface area contributed by atoms with Gasteiger partial charge in [-0.1, -0.05) is 65.0 Å². The molecule has 0 aliphatic carbocycles. The molecule has 0 N–H and O–H groups in total. The molecule has 4 rings (SSSR count). The topological polar surface area (TPSA) is 17.8 Å². The number of hydrogen-bond acceptors (Lipinski definition) is 1. The Morgan fingerprint density at radius 2 is 1.62 bits per heavy atom. The summed E-state index contributed by atoms with van der Waals surface area (Å²) in [6.45, 7) is 7.11. The minimum Gasteiger partial charge on any atom is -0.294 e. The van der Waals surface area contributed by atoms with Crippen LogP contribution >= 0.6 is 15.9 Å². The Bertz CT molecular complexity index is 1060. The summed E-state index contributed by atoms with van der Waals surface area (Å²) >= 11 is 3.62. The number of para-hydroxylation sites is 1. The lowest BCUT2D eigenvalue weighted by Crippen LogP contribution is -2.37. The Hall–Kier alpha value is -1.91. The van der Waals surface area contributed by atoms with Crippen molar-refractivity contribution in [1.29, 1.82) is 0 Å². The SMILES string of the molecule is C[Si](C)(C)c1ccnc(-n2c3ccccc3c3ccc(Br)cc32)c1. The van der Waals surface area contributed by atoms with Gasteiger partial charge in [-0.2, -0.15) is 0 Å². The number of nitrogens with zero attached hydrogens (tertiary/aromatic N) is 2. The Balaban J connectivity index is 2.10. The molecule has 2 nitrogen and oxygen atoms in total. The number of rotatable bonds is 2. The fraction of sp³-hybridized carbons (Fsp3) is 0.150. The third kappa shape index (κ3) is 2.50. The zero-order valence-corrected chi connectivity index (χ0v) is 16.6. The van der Waals surface area contributed by atoms with Crippen LogP contribution in [0.1, 0.15) is 0 Å². The standard InChI is InChI=1S/C20H19BrN2Si/c1-24(2,3)15-10-11-22-20(13-15)23-18-7-5-4-6-16(18)17-9-8-14(21)12-19(17)23/h4-13H,1-3H3. The highest BCUT2D eigenvalue weighted by Gasteiger charge is 2.19. The van der Waals surface area contributed by atoms with Gasteiger partial charge in [0.15, 0.2) is 0 Å². The predicted octanol–water partition coefficient (Wildman–Crippen LogP) is 5.49. The molecular formula is C20H19BrN2Si. The van der Waals surface area contributed by atoms with Crippen LogP contribution in [0.4, 0.5) is 0 Å². The first-order valence-corrected chi connectivity index (χ1v) is 12.4. The summed E-state index contributed by atoms with van der Waals surface area (Å²) in [4.78, 5) is 4.70. The van der Waals surface area contributed by atoms with Crippen LogP contribution in [-0.2, 0) is 0 Å². The zero-order chi connectivity index (χ0) is 16.9. The van der Waals surface area contributed by atoms with Gasteiger partial charge in [0.25, 0.3) is 0 Å². The van der Waals surface area contributed by atoms with E-state index >= 15 is 0 Å². The van der Waals surface area contributed by atoms with Crippen molar-refractivity contribution >= 4 is 51.0 Å². The lowest BCUT2D eigenvalue weighted by molar-refractivity contribution is 1.08. The molecule has 4 aromatic rings. The molecule has 2 aromatic heterocycles. The first-order chi connectivity index (χ1) is 11.4.